The largest absolute Gasteiger partial charge is 0.479 e. The van der Waals surface area contributed by atoms with Crippen molar-refractivity contribution in [1.29, 1.82) is 0 Å². The number of aromatic nitrogens is 1. The van der Waals surface area contributed by atoms with Gasteiger partial charge in [-0.3, -0.25) is 0 Å². The zero-order valence-corrected chi connectivity index (χ0v) is 11.8. The SMILES string of the molecule is CCN(CCCN(C)C)c1ccc(N)c(OC)n1. The van der Waals surface area contributed by atoms with Crippen LogP contribution in [0, 0.1) is 0 Å². The van der Waals surface area contributed by atoms with E-state index in [4.69, 9.17) is 10.5 Å². The van der Waals surface area contributed by atoms with Gasteiger partial charge in [-0.2, -0.15) is 4.98 Å². The van der Waals surface area contributed by atoms with Crippen molar-refractivity contribution in [2.75, 3.05) is 51.5 Å². The van der Waals surface area contributed by atoms with Gasteiger partial charge in [-0.05, 0) is 46.1 Å². The van der Waals surface area contributed by atoms with Crippen LogP contribution in [0.3, 0.4) is 0 Å². The van der Waals surface area contributed by atoms with Gasteiger partial charge in [0.25, 0.3) is 0 Å². The minimum atomic E-state index is 0.499. The molecule has 0 bridgehead atoms. The Kier molecular flexibility index (Phi) is 5.71. The van der Waals surface area contributed by atoms with Crippen molar-refractivity contribution in [3.8, 4) is 5.88 Å². The Morgan fingerprint density at radius 1 is 1.28 bits per heavy atom. The third kappa shape index (κ3) is 4.07. The third-order valence-corrected chi connectivity index (χ3v) is 2.81. The van der Waals surface area contributed by atoms with E-state index in [-0.39, 0.29) is 0 Å². The van der Waals surface area contributed by atoms with Crippen molar-refractivity contribution in [1.82, 2.24) is 9.88 Å². The summed E-state index contributed by atoms with van der Waals surface area (Å²) in [5.74, 6) is 1.42. The monoisotopic (exact) mass is 252 g/mol. The fraction of sp³-hybridized carbons (Fsp3) is 0.615. The first kappa shape index (κ1) is 14.6. The molecule has 1 rings (SSSR count). The highest BCUT2D eigenvalue weighted by Gasteiger charge is 2.09. The molecule has 0 aliphatic carbocycles. The van der Waals surface area contributed by atoms with Gasteiger partial charge in [0.1, 0.15) is 5.82 Å². The number of anilines is 2. The fourth-order valence-corrected chi connectivity index (χ4v) is 1.79. The lowest BCUT2D eigenvalue weighted by molar-refractivity contribution is 0.396. The minimum Gasteiger partial charge on any atom is -0.479 e. The number of nitrogens with two attached hydrogens (primary N) is 1. The molecule has 1 aromatic heterocycles. The predicted octanol–water partition coefficient (Wildman–Crippen LogP) is 1.45. The topological polar surface area (TPSA) is 54.6 Å². The van der Waals surface area contributed by atoms with Crippen LogP contribution < -0.4 is 15.4 Å². The van der Waals surface area contributed by atoms with Gasteiger partial charge in [0, 0.05) is 13.1 Å². The van der Waals surface area contributed by atoms with E-state index >= 15 is 0 Å². The number of hydrogen-bond acceptors (Lipinski definition) is 5. The lowest BCUT2D eigenvalue weighted by Gasteiger charge is -2.23. The van der Waals surface area contributed by atoms with Gasteiger partial charge in [0.2, 0.25) is 5.88 Å². The van der Waals surface area contributed by atoms with E-state index in [1.807, 2.05) is 12.1 Å². The van der Waals surface area contributed by atoms with E-state index in [1.165, 1.54) is 0 Å². The maximum Gasteiger partial charge on any atom is 0.238 e. The average Bonchev–Trinajstić information content (AvgIpc) is 2.35. The molecule has 0 atom stereocenters. The predicted molar refractivity (Wildman–Crippen MR) is 76.3 cm³/mol. The molecule has 0 unspecified atom stereocenters. The minimum absolute atomic E-state index is 0.499. The molecule has 0 aliphatic heterocycles. The van der Waals surface area contributed by atoms with Crippen LogP contribution in [0.15, 0.2) is 12.1 Å². The molecule has 0 radical (unpaired) electrons. The van der Waals surface area contributed by atoms with Gasteiger partial charge >= 0.3 is 0 Å². The number of ether oxygens (including phenoxy) is 1. The molecule has 0 amide bonds. The van der Waals surface area contributed by atoms with Crippen LogP contribution >= 0.6 is 0 Å². The first-order chi connectivity index (χ1) is 8.58. The van der Waals surface area contributed by atoms with Crippen molar-refractivity contribution in [3.63, 3.8) is 0 Å². The van der Waals surface area contributed by atoms with Gasteiger partial charge in [-0.1, -0.05) is 0 Å². The van der Waals surface area contributed by atoms with E-state index < -0.39 is 0 Å². The lowest BCUT2D eigenvalue weighted by Crippen LogP contribution is -2.27. The van der Waals surface area contributed by atoms with Gasteiger partial charge in [-0.15, -0.1) is 0 Å². The van der Waals surface area contributed by atoms with E-state index in [9.17, 15) is 0 Å². The number of nitrogens with zero attached hydrogens (tertiary/aromatic N) is 3. The third-order valence-electron chi connectivity index (χ3n) is 2.81. The second-order valence-electron chi connectivity index (χ2n) is 4.50. The Labute approximate surface area is 110 Å². The summed E-state index contributed by atoms with van der Waals surface area (Å²) in [6, 6.07) is 3.78. The molecule has 5 heteroatoms. The second kappa shape index (κ2) is 7.06. The number of methoxy groups -OCH3 is 1. The summed E-state index contributed by atoms with van der Waals surface area (Å²) in [7, 11) is 5.76. The molecule has 0 spiro atoms. The zero-order chi connectivity index (χ0) is 13.5. The molecule has 0 saturated carbocycles. The van der Waals surface area contributed by atoms with Crippen LogP contribution in [-0.2, 0) is 0 Å². The van der Waals surface area contributed by atoms with Crippen molar-refractivity contribution in [2.24, 2.45) is 0 Å². The molecule has 0 aliphatic rings. The Balaban J connectivity index is 2.69. The highest BCUT2D eigenvalue weighted by atomic mass is 16.5. The molecule has 1 aromatic rings. The lowest BCUT2D eigenvalue weighted by atomic mass is 10.3. The first-order valence-electron chi connectivity index (χ1n) is 6.28. The Hall–Kier alpha value is -1.49. The normalized spacial score (nSPS) is 10.7. The number of pyridine rings is 1. The number of hydrogen-bond donors (Lipinski definition) is 1. The molecular formula is C13H24N4O. The maximum absolute atomic E-state index is 5.77. The van der Waals surface area contributed by atoms with E-state index in [2.05, 4.69) is 35.8 Å². The molecule has 0 aromatic carbocycles. The number of nitrogen functional groups attached to an aromatic ring is 1. The van der Waals surface area contributed by atoms with E-state index in [0.717, 1.165) is 31.9 Å². The highest BCUT2D eigenvalue weighted by molar-refractivity contribution is 5.54. The quantitative estimate of drug-likeness (QED) is 0.796. The average molecular weight is 252 g/mol. The highest BCUT2D eigenvalue weighted by Crippen LogP contribution is 2.22. The molecular weight excluding hydrogens is 228 g/mol. The summed E-state index contributed by atoms with van der Waals surface area (Å²) >= 11 is 0. The fourth-order valence-electron chi connectivity index (χ4n) is 1.79. The maximum atomic E-state index is 5.77. The van der Waals surface area contributed by atoms with Crippen molar-refractivity contribution in [3.05, 3.63) is 12.1 Å². The standard InChI is InChI=1S/C13H24N4O/c1-5-17(10-6-9-16(2)3)12-8-7-11(14)13(15-12)18-4/h7-8H,5-6,9-10,14H2,1-4H3. The van der Waals surface area contributed by atoms with Crippen LogP contribution in [0.1, 0.15) is 13.3 Å². The molecule has 2 N–H and O–H groups in total. The van der Waals surface area contributed by atoms with Crippen molar-refractivity contribution < 1.29 is 4.74 Å². The summed E-state index contributed by atoms with van der Waals surface area (Å²) < 4.78 is 5.15. The molecule has 0 fully saturated rings. The number of rotatable bonds is 7. The molecule has 102 valence electrons. The van der Waals surface area contributed by atoms with Gasteiger partial charge in [0.05, 0.1) is 12.8 Å². The summed E-state index contributed by atoms with van der Waals surface area (Å²) in [6.45, 7) is 5.10. The summed E-state index contributed by atoms with van der Waals surface area (Å²) in [4.78, 5) is 8.84. The van der Waals surface area contributed by atoms with Gasteiger partial charge in [-0.25, -0.2) is 0 Å². The smallest absolute Gasteiger partial charge is 0.238 e. The first-order valence-corrected chi connectivity index (χ1v) is 6.28. The van der Waals surface area contributed by atoms with Gasteiger partial charge < -0.3 is 20.3 Å². The zero-order valence-electron chi connectivity index (χ0n) is 11.8. The molecule has 18 heavy (non-hydrogen) atoms. The van der Waals surface area contributed by atoms with Crippen LogP contribution in [-0.4, -0.2) is 50.7 Å². The van der Waals surface area contributed by atoms with Crippen LogP contribution in [0.2, 0.25) is 0 Å². The van der Waals surface area contributed by atoms with Crippen LogP contribution in [0.25, 0.3) is 0 Å². The van der Waals surface area contributed by atoms with E-state index in [1.54, 1.807) is 7.11 Å². The van der Waals surface area contributed by atoms with E-state index in [0.29, 0.717) is 11.6 Å². The summed E-state index contributed by atoms with van der Waals surface area (Å²) in [6.07, 6.45) is 1.11. The Morgan fingerprint density at radius 3 is 2.56 bits per heavy atom. The second-order valence-corrected chi connectivity index (χ2v) is 4.50. The summed E-state index contributed by atoms with van der Waals surface area (Å²) in [5, 5.41) is 0. The Bertz CT molecular complexity index is 368. The Morgan fingerprint density at radius 2 is 2.00 bits per heavy atom. The molecule has 0 saturated heterocycles. The van der Waals surface area contributed by atoms with Crippen LogP contribution in [0.5, 0.6) is 5.88 Å². The van der Waals surface area contributed by atoms with Crippen LogP contribution in [0.4, 0.5) is 11.5 Å². The molecule has 5 nitrogen and oxygen atoms in total. The van der Waals surface area contributed by atoms with Crippen molar-refractivity contribution in [2.45, 2.75) is 13.3 Å². The summed E-state index contributed by atoms with van der Waals surface area (Å²) in [5.41, 5.74) is 6.34. The van der Waals surface area contributed by atoms with Crippen molar-refractivity contribution >= 4 is 11.5 Å². The van der Waals surface area contributed by atoms with Gasteiger partial charge in [0.15, 0.2) is 0 Å². The molecule has 1 heterocycles.